The predicted octanol–water partition coefficient (Wildman–Crippen LogP) is 1.58. The summed E-state index contributed by atoms with van der Waals surface area (Å²) >= 11 is 0. The van der Waals surface area contributed by atoms with E-state index in [4.69, 9.17) is 14.2 Å². The standard InChI is InChI=1S/C24H35N3O6/c1-5-11-31-13-15-33-16-14-32-12-10-25-19(7-3)21-18(6-2)23(29)27(24(21)30)20-9-8-17(4)26-22(20)28/h6-7,20,25H,3-5,8-16H2,1-2H3,(H,26,28)/b18-6+,21-19-. The fraction of sp³-hybridized carbons (Fsp3) is 0.542. The lowest BCUT2D eigenvalue weighted by atomic mass is 10.0. The average Bonchev–Trinajstić information content (AvgIpc) is 3.04. The molecule has 3 amide bonds. The molecule has 2 aliphatic rings. The molecule has 2 aliphatic heterocycles. The highest BCUT2D eigenvalue weighted by atomic mass is 16.5. The van der Waals surface area contributed by atoms with Crippen LogP contribution in [-0.2, 0) is 28.6 Å². The van der Waals surface area contributed by atoms with E-state index in [1.165, 1.54) is 6.08 Å². The Labute approximate surface area is 195 Å². The topological polar surface area (TPSA) is 106 Å². The van der Waals surface area contributed by atoms with Crippen molar-refractivity contribution < 1.29 is 28.6 Å². The third-order valence-corrected chi connectivity index (χ3v) is 5.20. The Balaban J connectivity index is 1.90. The van der Waals surface area contributed by atoms with Gasteiger partial charge >= 0.3 is 0 Å². The fourth-order valence-electron chi connectivity index (χ4n) is 3.59. The molecule has 2 heterocycles. The zero-order chi connectivity index (χ0) is 24.2. The zero-order valence-corrected chi connectivity index (χ0v) is 19.6. The maximum atomic E-state index is 13.2. The van der Waals surface area contributed by atoms with Crippen molar-refractivity contribution in [3.8, 4) is 0 Å². The van der Waals surface area contributed by atoms with Gasteiger partial charge in [0.2, 0.25) is 5.91 Å². The Morgan fingerprint density at radius 3 is 2.30 bits per heavy atom. The summed E-state index contributed by atoms with van der Waals surface area (Å²) in [5.41, 5.74) is 1.47. The molecule has 0 spiro atoms. The van der Waals surface area contributed by atoms with Crippen LogP contribution in [0.5, 0.6) is 0 Å². The monoisotopic (exact) mass is 461 g/mol. The SMILES string of the molecule is C=C/C(NCCOCCOCCOCCC)=C1/C(=O)N(C2CCC(=C)NC2=O)C(=O)/C1=C/C. The highest BCUT2D eigenvalue weighted by molar-refractivity contribution is 6.26. The van der Waals surface area contributed by atoms with Gasteiger partial charge in [-0.15, -0.1) is 0 Å². The van der Waals surface area contributed by atoms with Crippen molar-refractivity contribution in [1.82, 2.24) is 15.5 Å². The first-order valence-electron chi connectivity index (χ1n) is 11.3. The van der Waals surface area contributed by atoms with Crippen molar-refractivity contribution in [2.45, 2.75) is 39.2 Å². The minimum absolute atomic E-state index is 0.213. The van der Waals surface area contributed by atoms with E-state index < -0.39 is 23.8 Å². The highest BCUT2D eigenvalue weighted by Crippen LogP contribution is 2.31. The molecule has 0 aliphatic carbocycles. The number of imide groups is 1. The molecule has 2 rings (SSSR count). The van der Waals surface area contributed by atoms with Crippen LogP contribution in [0.4, 0.5) is 0 Å². The van der Waals surface area contributed by atoms with Crippen molar-refractivity contribution in [2.75, 3.05) is 46.2 Å². The van der Waals surface area contributed by atoms with E-state index in [1.807, 2.05) is 0 Å². The Morgan fingerprint density at radius 2 is 1.73 bits per heavy atom. The number of piperidine rings is 1. The molecule has 9 nitrogen and oxygen atoms in total. The molecular weight excluding hydrogens is 426 g/mol. The van der Waals surface area contributed by atoms with E-state index in [2.05, 4.69) is 30.7 Å². The van der Waals surface area contributed by atoms with E-state index in [1.54, 1.807) is 13.0 Å². The van der Waals surface area contributed by atoms with Crippen LogP contribution < -0.4 is 10.6 Å². The summed E-state index contributed by atoms with van der Waals surface area (Å²) < 4.78 is 16.3. The van der Waals surface area contributed by atoms with Crippen LogP contribution in [0.3, 0.4) is 0 Å². The lowest BCUT2D eigenvalue weighted by Crippen LogP contribution is -2.51. The lowest BCUT2D eigenvalue weighted by molar-refractivity contribution is -0.145. The molecule has 1 unspecified atom stereocenters. The smallest absolute Gasteiger partial charge is 0.264 e. The molecule has 1 atom stereocenters. The molecule has 2 N–H and O–H groups in total. The first-order chi connectivity index (χ1) is 16.0. The van der Waals surface area contributed by atoms with Gasteiger partial charge in [0, 0.05) is 24.5 Å². The van der Waals surface area contributed by atoms with Crippen LogP contribution in [0.25, 0.3) is 0 Å². The number of carbonyl (C=O) groups is 3. The minimum Gasteiger partial charge on any atom is -0.382 e. The number of rotatable bonds is 14. The van der Waals surface area contributed by atoms with E-state index in [0.29, 0.717) is 63.8 Å². The maximum absolute atomic E-state index is 13.2. The van der Waals surface area contributed by atoms with Gasteiger partial charge in [-0.2, -0.15) is 0 Å². The van der Waals surface area contributed by atoms with Gasteiger partial charge in [-0.1, -0.05) is 26.2 Å². The summed E-state index contributed by atoms with van der Waals surface area (Å²) in [7, 11) is 0. The van der Waals surface area contributed by atoms with Crippen molar-refractivity contribution in [2.24, 2.45) is 0 Å². The maximum Gasteiger partial charge on any atom is 0.264 e. The number of allylic oxidation sites excluding steroid dienone is 3. The second-order valence-corrected chi connectivity index (χ2v) is 7.59. The second-order valence-electron chi connectivity index (χ2n) is 7.59. The average molecular weight is 462 g/mol. The molecule has 0 aromatic carbocycles. The molecular formula is C24H35N3O6. The van der Waals surface area contributed by atoms with E-state index in [-0.39, 0.29) is 11.1 Å². The van der Waals surface area contributed by atoms with Crippen LogP contribution in [0, 0.1) is 0 Å². The number of ether oxygens (including phenoxy) is 3. The Morgan fingerprint density at radius 1 is 1.09 bits per heavy atom. The van der Waals surface area contributed by atoms with Crippen LogP contribution in [0.2, 0.25) is 0 Å². The number of hydrogen-bond donors (Lipinski definition) is 2. The van der Waals surface area contributed by atoms with Gasteiger partial charge in [0.1, 0.15) is 6.04 Å². The number of likely N-dealkylation sites (tertiary alicyclic amines) is 1. The molecule has 0 radical (unpaired) electrons. The minimum atomic E-state index is -0.857. The highest BCUT2D eigenvalue weighted by Gasteiger charge is 2.46. The van der Waals surface area contributed by atoms with Gasteiger partial charge in [0.15, 0.2) is 0 Å². The molecule has 33 heavy (non-hydrogen) atoms. The molecule has 0 aromatic heterocycles. The van der Waals surface area contributed by atoms with Crippen molar-refractivity contribution in [1.29, 1.82) is 0 Å². The Kier molecular flexibility index (Phi) is 11.0. The lowest BCUT2D eigenvalue weighted by Gasteiger charge is -2.29. The van der Waals surface area contributed by atoms with Gasteiger partial charge in [0.25, 0.3) is 11.8 Å². The molecule has 2 saturated heterocycles. The second kappa shape index (κ2) is 13.7. The summed E-state index contributed by atoms with van der Waals surface area (Å²) in [4.78, 5) is 39.5. The van der Waals surface area contributed by atoms with E-state index in [0.717, 1.165) is 17.9 Å². The van der Waals surface area contributed by atoms with Crippen molar-refractivity contribution >= 4 is 17.7 Å². The van der Waals surface area contributed by atoms with Gasteiger partial charge in [-0.05, 0) is 32.3 Å². The molecule has 0 bridgehead atoms. The van der Waals surface area contributed by atoms with Gasteiger partial charge in [-0.25, -0.2) is 0 Å². The molecule has 0 aromatic rings. The molecule has 0 saturated carbocycles. The quantitative estimate of drug-likeness (QED) is 0.230. The largest absolute Gasteiger partial charge is 0.382 e. The molecule has 182 valence electrons. The van der Waals surface area contributed by atoms with E-state index >= 15 is 0 Å². The van der Waals surface area contributed by atoms with Gasteiger partial charge in [-0.3, -0.25) is 19.3 Å². The molecule has 9 heteroatoms. The first kappa shape index (κ1) is 26.5. The number of nitrogens with zero attached hydrogens (tertiary/aromatic N) is 1. The van der Waals surface area contributed by atoms with Crippen LogP contribution >= 0.6 is 0 Å². The third kappa shape index (κ3) is 7.12. The third-order valence-electron chi connectivity index (χ3n) is 5.20. The summed E-state index contributed by atoms with van der Waals surface area (Å²) in [6, 6.07) is -0.857. The zero-order valence-electron chi connectivity index (χ0n) is 19.6. The Bertz CT molecular complexity index is 817. The normalized spacial score (nSPS) is 21.6. The summed E-state index contributed by atoms with van der Waals surface area (Å²) in [6.07, 6.45) is 4.92. The summed E-state index contributed by atoms with van der Waals surface area (Å²) in [5.74, 6) is -1.39. The number of hydrogen-bond acceptors (Lipinski definition) is 7. The van der Waals surface area contributed by atoms with Gasteiger partial charge in [0.05, 0.1) is 44.2 Å². The first-order valence-corrected chi connectivity index (χ1v) is 11.3. The van der Waals surface area contributed by atoms with Crippen LogP contribution in [0.1, 0.15) is 33.1 Å². The summed E-state index contributed by atoms with van der Waals surface area (Å²) in [5, 5.41) is 5.74. The van der Waals surface area contributed by atoms with Gasteiger partial charge < -0.3 is 24.8 Å². The fourth-order valence-corrected chi connectivity index (χ4v) is 3.59. The predicted molar refractivity (Wildman–Crippen MR) is 124 cm³/mol. The summed E-state index contributed by atoms with van der Waals surface area (Å²) in [6.45, 7) is 14.8. The Hall–Kier alpha value is -2.75. The van der Waals surface area contributed by atoms with Crippen molar-refractivity contribution in [3.63, 3.8) is 0 Å². The number of carbonyl (C=O) groups excluding carboxylic acids is 3. The van der Waals surface area contributed by atoms with Crippen LogP contribution in [-0.4, -0.2) is 74.8 Å². The molecule has 2 fully saturated rings. The van der Waals surface area contributed by atoms with E-state index in [9.17, 15) is 14.4 Å². The number of amides is 3. The van der Waals surface area contributed by atoms with Crippen LogP contribution in [0.15, 0.2) is 47.9 Å². The van der Waals surface area contributed by atoms with Crippen molar-refractivity contribution in [3.05, 3.63) is 47.9 Å². The number of nitrogens with one attached hydrogen (secondary N) is 2.